The summed E-state index contributed by atoms with van der Waals surface area (Å²) in [5.41, 5.74) is 3.45. The van der Waals surface area contributed by atoms with Crippen molar-refractivity contribution in [1.29, 1.82) is 0 Å². The van der Waals surface area contributed by atoms with E-state index in [-0.39, 0.29) is 5.91 Å². The van der Waals surface area contributed by atoms with Crippen LogP contribution in [0.1, 0.15) is 24.5 Å². The number of carbonyl (C=O) groups excluding carboxylic acids is 1. The SMILES string of the molecule is CCN(C(=O)CCNC)c1cccc(C)c1C. The Balaban J connectivity index is 2.93. The van der Waals surface area contributed by atoms with E-state index in [4.69, 9.17) is 0 Å². The van der Waals surface area contributed by atoms with Gasteiger partial charge in [0.05, 0.1) is 0 Å². The van der Waals surface area contributed by atoms with E-state index in [1.165, 1.54) is 11.1 Å². The van der Waals surface area contributed by atoms with Crippen molar-refractivity contribution in [2.75, 3.05) is 25.0 Å². The largest absolute Gasteiger partial charge is 0.319 e. The zero-order valence-electron chi connectivity index (χ0n) is 11.2. The molecule has 17 heavy (non-hydrogen) atoms. The molecule has 0 aliphatic rings. The molecule has 0 spiro atoms. The van der Waals surface area contributed by atoms with Crippen LogP contribution in [-0.2, 0) is 4.79 Å². The third-order valence-electron chi connectivity index (χ3n) is 3.07. The van der Waals surface area contributed by atoms with E-state index in [1.807, 2.05) is 31.0 Å². The van der Waals surface area contributed by atoms with Crippen molar-refractivity contribution < 1.29 is 4.79 Å². The van der Waals surface area contributed by atoms with Crippen LogP contribution in [0.15, 0.2) is 18.2 Å². The number of nitrogens with one attached hydrogen (secondary N) is 1. The normalized spacial score (nSPS) is 10.4. The summed E-state index contributed by atoms with van der Waals surface area (Å²) in [4.78, 5) is 13.9. The molecule has 0 radical (unpaired) electrons. The van der Waals surface area contributed by atoms with Gasteiger partial charge >= 0.3 is 0 Å². The van der Waals surface area contributed by atoms with E-state index >= 15 is 0 Å². The first kappa shape index (κ1) is 13.7. The molecule has 0 unspecified atom stereocenters. The van der Waals surface area contributed by atoms with Gasteiger partial charge in [-0.2, -0.15) is 0 Å². The van der Waals surface area contributed by atoms with Crippen LogP contribution in [0.3, 0.4) is 0 Å². The molecule has 1 aromatic carbocycles. The molecule has 0 saturated carbocycles. The lowest BCUT2D eigenvalue weighted by Gasteiger charge is -2.23. The second-order valence-corrected chi connectivity index (χ2v) is 4.21. The van der Waals surface area contributed by atoms with Gasteiger partial charge in [0.2, 0.25) is 5.91 Å². The van der Waals surface area contributed by atoms with Gasteiger partial charge in [-0.25, -0.2) is 0 Å². The standard InChI is InChI=1S/C14H22N2O/c1-5-16(14(17)9-10-15-4)13-8-6-7-11(2)12(13)3/h6-8,15H,5,9-10H2,1-4H3. The Labute approximate surface area is 104 Å². The van der Waals surface area contributed by atoms with Crippen molar-refractivity contribution in [2.45, 2.75) is 27.2 Å². The maximum atomic E-state index is 12.1. The minimum Gasteiger partial charge on any atom is -0.319 e. The lowest BCUT2D eigenvalue weighted by molar-refractivity contribution is -0.118. The highest BCUT2D eigenvalue weighted by atomic mass is 16.2. The van der Waals surface area contributed by atoms with E-state index in [0.29, 0.717) is 13.0 Å². The molecule has 1 rings (SSSR count). The Kier molecular flexibility index (Phi) is 5.16. The van der Waals surface area contributed by atoms with Gasteiger partial charge in [0.25, 0.3) is 0 Å². The van der Waals surface area contributed by atoms with Gasteiger partial charge in [0.1, 0.15) is 0 Å². The first-order valence-corrected chi connectivity index (χ1v) is 6.13. The fourth-order valence-corrected chi connectivity index (χ4v) is 1.88. The third kappa shape index (κ3) is 3.30. The van der Waals surface area contributed by atoms with Gasteiger partial charge in [-0.3, -0.25) is 4.79 Å². The van der Waals surface area contributed by atoms with Crippen LogP contribution >= 0.6 is 0 Å². The summed E-state index contributed by atoms with van der Waals surface area (Å²) in [6.07, 6.45) is 0.539. The molecule has 1 N–H and O–H groups in total. The minimum atomic E-state index is 0.176. The predicted molar refractivity (Wildman–Crippen MR) is 72.5 cm³/mol. The molecule has 0 heterocycles. The van der Waals surface area contributed by atoms with Crippen molar-refractivity contribution in [3.63, 3.8) is 0 Å². The predicted octanol–water partition coefficient (Wildman–Crippen LogP) is 2.27. The molecule has 0 aliphatic heterocycles. The first-order valence-electron chi connectivity index (χ1n) is 6.13. The van der Waals surface area contributed by atoms with Crippen LogP contribution in [0.25, 0.3) is 0 Å². The molecule has 0 fully saturated rings. The van der Waals surface area contributed by atoms with Crippen LogP contribution in [0.4, 0.5) is 5.69 Å². The van der Waals surface area contributed by atoms with E-state index < -0.39 is 0 Å². The molecular weight excluding hydrogens is 212 g/mol. The summed E-state index contributed by atoms with van der Waals surface area (Å²) in [6.45, 7) is 7.59. The zero-order valence-corrected chi connectivity index (χ0v) is 11.2. The van der Waals surface area contributed by atoms with Crippen molar-refractivity contribution in [2.24, 2.45) is 0 Å². The number of anilines is 1. The Morgan fingerprint density at radius 1 is 1.35 bits per heavy atom. The Bertz CT molecular complexity index is 388. The smallest absolute Gasteiger partial charge is 0.228 e. The summed E-state index contributed by atoms with van der Waals surface area (Å²) >= 11 is 0. The lowest BCUT2D eigenvalue weighted by atomic mass is 10.1. The molecule has 0 aliphatic carbocycles. The second-order valence-electron chi connectivity index (χ2n) is 4.21. The van der Waals surface area contributed by atoms with Crippen molar-refractivity contribution in [3.05, 3.63) is 29.3 Å². The molecule has 0 bridgehead atoms. The summed E-state index contributed by atoms with van der Waals surface area (Å²) in [6, 6.07) is 6.10. The van der Waals surface area contributed by atoms with E-state index in [9.17, 15) is 4.79 Å². The third-order valence-corrected chi connectivity index (χ3v) is 3.07. The Hall–Kier alpha value is -1.35. The van der Waals surface area contributed by atoms with Gasteiger partial charge in [0.15, 0.2) is 0 Å². The van der Waals surface area contributed by atoms with Crippen molar-refractivity contribution >= 4 is 11.6 Å². The zero-order chi connectivity index (χ0) is 12.8. The average molecular weight is 234 g/mol. The van der Waals surface area contributed by atoms with E-state index in [1.54, 1.807) is 0 Å². The molecule has 0 atom stereocenters. The first-order chi connectivity index (χ1) is 8.11. The fourth-order valence-electron chi connectivity index (χ4n) is 1.88. The molecule has 1 aromatic rings. The van der Waals surface area contributed by atoms with Crippen LogP contribution in [0.5, 0.6) is 0 Å². The number of carbonyl (C=O) groups is 1. The van der Waals surface area contributed by atoms with Gasteiger partial charge in [-0.1, -0.05) is 12.1 Å². The van der Waals surface area contributed by atoms with Crippen LogP contribution in [0.2, 0.25) is 0 Å². The maximum absolute atomic E-state index is 12.1. The number of nitrogens with zero attached hydrogens (tertiary/aromatic N) is 1. The molecule has 1 amide bonds. The summed E-state index contributed by atoms with van der Waals surface area (Å²) in [5.74, 6) is 0.176. The number of hydrogen-bond donors (Lipinski definition) is 1. The molecule has 94 valence electrons. The fraction of sp³-hybridized carbons (Fsp3) is 0.500. The highest BCUT2D eigenvalue weighted by Crippen LogP contribution is 2.23. The molecular formula is C14H22N2O. The van der Waals surface area contributed by atoms with Crippen LogP contribution in [-0.4, -0.2) is 26.0 Å². The molecule has 3 heteroatoms. The monoisotopic (exact) mass is 234 g/mol. The Morgan fingerprint density at radius 3 is 2.65 bits per heavy atom. The highest BCUT2D eigenvalue weighted by Gasteiger charge is 2.15. The summed E-state index contributed by atoms with van der Waals surface area (Å²) in [5, 5.41) is 3.01. The van der Waals surface area contributed by atoms with E-state index in [2.05, 4.69) is 25.2 Å². The number of amides is 1. The van der Waals surface area contributed by atoms with Gasteiger partial charge in [-0.15, -0.1) is 0 Å². The number of rotatable bonds is 5. The van der Waals surface area contributed by atoms with Gasteiger partial charge in [0, 0.05) is 25.2 Å². The van der Waals surface area contributed by atoms with Crippen molar-refractivity contribution in [3.8, 4) is 0 Å². The number of aryl methyl sites for hydroxylation is 1. The topological polar surface area (TPSA) is 32.3 Å². The maximum Gasteiger partial charge on any atom is 0.228 e. The van der Waals surface area contributed by atoms with Crippen LogP contribution in [0, 0.1) is 13.8 Å². The van der Waals surface area contributed by atoms with Crippen molar-refractivity contribution in [1.82, 2.24) is 5.32 Å². The van der Waals surface area contributed by atoms with E-state index in [0.717, 1.165) is 12.2 Å². The number of benzene rings is 1. The highest BCUT2D eigenvalue weighted by molar-refractivity contribution is 5.94. The Morgan fingerprint density at radius 2 is 2.06 bits per heavy atom. The summed E-state index contributed by atoms with van der Waals surface area (Å²) in [7, 11) is 1.86. The molecule has 0 saturated heterocycles. The quantitative estimate of drug-likeness (QED) is 0.847. The van der Waals surface area contributed by atoms with Gasteiger partial charge in [-0.05, 0) is 45.0 Å². The lowest BCUT2D eigenvalue weighted by Crippen LogP contribution is -2.33. The molecule has 0 aromatic heterocycles. The molecule has 3 nitrogen and oxygen atoms in total. The number of hydrogen-bond acceptors (Lipinski definition) is 2. The summed E-state index contributed by atoms with van der Waals surface area (Å²) < 4.78 is 0. The minimum absolute atomic E-state index is 0.176. The van der Waals surface area contributed by atoms with Gasteiger partial charge < -0.3 is 10.2 Å². The average Bonchev–Trinajstić information content (AvgIpc) is 2.32. The second kappa shape index (κ2) is 6.40. The van der Waals surface area contributed by atoms with Crippen LogP contribution < -0.4 is 10.2 Å².